The van der Waals surface area contributed by atoms with E-state index in [1.54, 1.807) is 4.90 Å². The highest BCUT2D eigenvalue weighted by Crippen LogP contribution is 2.43. The lowest BCUT2D eigenvalue weighted by molar-refractivity contribution is -0.140. The molecular weight excluding hydrogens is 545 g/mol. The summed E-state index contributed by atoms with van der Waals surface area (Å²) in [5.74, 6) is -0.966. The number of likely N-dealkylation sites (tertiary alicyclic amines) is 1. The van der Waals surface area contributed by atoms with Gasteiger partial charge in [0.25, 0.3) is 0 Å². The van der Waals surface area contributed by atoms with Gasteiger partial charge in [-0.2, -0.15) is 13.2 Å². The van der Waals surface area contributed by atoms with Crippen LogP contribution >= 0.6 is 0 Å². The van der Waals surface area contributed by atoms with Crippen LogP contribution in [0.4, 0.5) is 18.9 Å². The van der Waals surface area contributed by atoms with Crippen LogP contribution in [-0.4, -0.2) is 60.9 Å². The predicted octanol–water partition coefficient (Wildman–Crippen LogP) is 4.44. The number of nitrogens with one attached hydrogen (secondary N) is 2. The number of fused-ring (bicyclic) bond motifs is 1. The monoisotopic (exact) mass is 584 g/mol. The van der Waals surface area contributed by atoms with E-state index in [1.807, 2.05) is 50.1 Å². The van der Waals surface area contributed by atoms with Crippen molar-refractivity contribution in [2.45, 2.75) is 82.1 Å². The SMILES string of the molecule is CN[C@@H]1CC[C@H](C(=O)N[C@@H](Cc2ccccc2C(F)(F)F)C(=O)N2CCC(N3C(=O)C(C)(C)c4ccccc43)CC2)C1. The second-order valence-electron chi connectivity index (χ2n) is 12.3. The molecule has 0 radical (unpaired) electrons. The summed E-state index contributed by atoms with van der Waals surface area (Å²) in [5.41, 5.74) is 0.395. The zero-order valence-corrected chi connectivity index (χ0v) is 24.3. The van der Waals surface area contributed by atoms with E-state index >= 15 is 0 Å². The predicted molar refractivity (Wildman–Crippen MR) is 154 cm³/mol. The summed E-state index contributed by atoms with van der Waals surface area (Å²) in [6.45, 7) is 4.52. The molecule has 1 aliphatic carbocycles. The van der Waals surface area contributed by atoms with E-state index in [0.29, 0.717) is 38.8 Å². The zero-order chi connectivity index (χ0) is 30.2. The Morgan fingerprint density at radius 2 is 1.67 bits per heavy atom. The smallest absolute Gasteiger partial charge is 0.344 e. The first-order chi connectivity index (χ1) is 19.9. The number of nitrogens with zero attached hydrogens (tertiary/aromatic N) is 2. The molecule has 2 fully saturated rings. The zero-order valence-electron chi connectivity index (χ0n) is 24.3. The molecule has 1 saturated carbocycles. The summed E-state index contributed by atoms with van der Waals surface area (Å²) in [5, 5.41) is 6.01. The van der Waals surface area contributed by atoms with E-state index in [2.05, 4.69) is 10.6 Å². The van der Waals surface area contributed by atoms with E-state index in [1.165, 1.54) is 18.2 Å². The summed E-state index contributed by atoms with van der Waals surface area (Å²) >= 11 is 0. The van der Waals surface area contributed by atoms with Gasteiger partial charge < -0.3 is 20.4 Å². The van der Waals surface area contributed by atoms with Crippen LogP contribution in [0.15, 0.2) is 48.5 Å². The lowest BCUT2D eigenvalue weighted by Crippen LogP contribution is -2.55. The van der Waals surface area contributed by atoms with E-state index in [9.17, 15) is 27.6 Å². The number of rotatable bonds is 7. The Balaban J connectivity index is 1.33. The van der Waals surface area contributed by atoms with E-state index in [0.717, 1.165) is 23.7 Å². The van der Waals surface area contributed by atoms with Crippen molar-refractivity contribution in [3.8, 4) is 0 Å². The third-order valence-corrected chi connectivity index (χ3v) is 9.30. The molecule has 5 rings (SSSR count). The molecule has 0 spiro atoms. The molecule has 3 amide bonds. The van der Waals surface area contributed by atoms with Gasteiger partial charge in [-0.05, 0) is 76.3 Å². The van der Waals surface area contributed by atoms with Crippen molar-refractivity contribution in [3.05, 3.63) is 65.2 Å². The molecule has 226 valence electrons. The Morgan fingerprint density at radius 1 is 1.00 bits per heavy atom. The van der Waals surface area contributed by atoms with Crippen molar-refractivity contribution in [1.82, 2.24) is 15.5 Å². The molecule has 2 heterocycles. The van der Waals surface area contributed by atoms with Gasteiger partial charge in [-0.3, -0.25) is 14.4 Å². The number of hydrogen-bond donors (Lipinski definition) is 2. The highest BCUT2D eigenvalue weighted by Gasteiger charge is 2.47. The number of benzene rings is 2. The standard InChI is InChI=1S/C32H39F3N4O3/c1-31(2)25-10-6-7-11-27(25)39(30(31)42)23-14-16-38(17-15-23)29(41)26(37-28(40)21-12-13-22(18-21)36-3)19-20-8-4-5-9-24(20)32(33,34)35/h4-11,21-23,26,36H,12-19H2,1-3H3,(H,37,40)/t21-,22+,26-/m0/s1. The number of halogens is 3. The molecule has 1 saturated heterocycles. The fourth-order valence-corrected chi connectivity index (χ4v) is 6.83. The Morgan fingerprint density at radius 3 is 2.33 bits per heavy atom. The molecule has 7 nitrogen and oxygen atoms in total. The van der Waals surface area contributed by atoms with Crippen LogP contribution in [0.1, 0.15) is 62.6 Å². The number of carbonyl (C=O) groups is 3. The first-order valence-corrected chi connectivity index (χ1v) is 14.8. The van der Waals surface area contributed by atoms with Gasteiger partial charge in [0, 0.05) is 43.2 Å². The average Bonchev–Trinajstić information content (AvgIpc) is 3.53. The van der Waals surface area contributed by atoms with Gasteiger partial charge >= 0.3 is 6.18 Å². The average molecular weight is 585 g/mol. The molecule has 10 heteroatoms. The minimum atomic E-state index is -4.58. The second kappa shape index (κ2) is 11.7. The van der Waals surface area contributed by atoms with E-state index in [4.69, 9.17) is 0 Å². The molecule has 42 heavy (non-hydrogen) atoms. The summed E-state index contributed by atoms with van der Waals surface area (Å²) in [4.78, 5) is 44.0. The molecule has 2 aromatic rings. The van der Waals surface area contributed by atoms with Gasteiger partial charge in [0.2, 0.25) is 17.7 Å². The minimum Gasteiger partial charge on any atom is -0.344 e. The third kappa shape index (κ3) is 5.78. The minimum absolute atomic E-state index is 0.0267. The molecular formula is C32H39F3N4O3. The van der Waals surface area contributed by atoms with Gasteiger partial charge in [-0.1, -0.05) is 36.4 Å². The quantitative estimate of drug-likeness (QED) is 0.505. The maximum absolute atomic E-state index is 13.9. The molecule has 3 aliphatic rings. The Kier molecular flexibility index (Phi) is 8.38. The topological polar surface area (TPSA) is 81.8 Å². The number of amides is 3. The summed E-state index contributed by atoms with van der Waals surface area (Å²) in [6.07, 6.45) is -1.66. The lowest BCUT2D eigenvalue weighted by Gasteiger charge is -2.39. The maximum atomic E-state index is 13.9. The van der Waals surface area contributed by atoms with Crippen molar-refractivity contribution in [1.29, 1.82) is 0 Å². The summed E-state index contributed by atoms with van der Waals surface area (Å²) in [7, 11) is 1.84. The fraction of sp³-hybridized carbons (Fsp3) is 0.531. The number of para-hydroxylation sites is 1. The van der Waals surface area contributed by atoms with Crippen molar-refractivity contribution in [2.75, 3.05) is 25.0 Å². The van der Waals surface area contributed by atoms with Crippen molar-refractivity contribution >= 4 is 23.4 Å². The van der Waals surface area contributed by atoms with Gasteiger partial charge in [0.05, 0.1) is 11.0 Å². The lowest BCUT2D eigenvalue weighted by atomic mass is 9.86. The molecule has 2 aromatic carbocycles. The molecule has 0 bridgehead atoms. The van der Waals surface area contributed by atoms with Crippen LogP contribution in [0.2, 0.25) is 0 Å². The van der Waals surface area contributed by atoms with Crippen molar-refractivity contribution < 1.29 is 27.6 Å². The second-order valence-corrected chi connectivity index (χ2v) is 12.3. The number of alkyl halides is 3. The number of carbonyl (C=O) groups excluding carboxylic acids is 3. The first-order valence-electron chi connectivity index (χ1n) is 14.8. The molecule has 2 N–H and O–H groups in total. The number of hydrogen-bond acceptors (Lipinski definition) is 4. The van der Waals surface area contributed by atoms with E-state index < -0.39 is 29.1 Å². The van der Waals surface area contributed by atoms with Crippen molar-refractivity contribution in [3.63, 3.8) is 0 Å². The fourth-order valence-electron chi connectivity index (χ4n) is 6.83. The highest BCUT2D eigenvalue weighted by molar-refractivity contribution is 6.08. The van der Waals surface area contributed by atoms with E-state index in [-0.39, 0.29) is 41.8 Å². The maximum Gasteiger partial charge on any atom is 0.416 e. The highest BCUT2D eigenvalue weighted by atomic mass is 19.4. The van der Waals surface area contributed by atoms with Crippen LogP contribution in [0.3, 0.4) is 0 Å². The third-order valence-electron chi connectivity index (χ3n) is 9.30. The van der Waals surface area contributed by atoms with Crippen LogP contribution in [-0.2, 0) is 32.4 Å². The molecule has 0 aromatic heterocycles. The Labute approximate surface area is 244 Å². The summed E-state index contributed by atoms with van der Waals surface area (Å²) < 4.78 is 41.4. The van der Waals surface area contributed by atoms with Crippen LogP contribution in [0.25, 0.3) is 0 Å². The number of piperidine rings is 1. The number of anilines is 1. The molecule has 0 unspecified atom stereocenters. The van der Waals surface area contributed by atoms with Crippen LogP contribution in [0.5, 0.6) is 0 Å². The van der Waals surface area contributed by atoms with Gasteiger partial charge in [0.15, 0.2) is 0 Å². The largest absolute Gasteiger partial charge is 0.416 e. The van der Waals surface area contributed by atoms with Crippen LogP contribution in [0, 0.1) is 5.92 Å². The van der Waals surface area contributed by atoms with Crippen LogP contribution < -0.4 is 15.5 Å². The van der Waals surface area contributed by atoms with Gasteiger partial charge in [-0.25, -0.2) is 0 Å². The van der Waals surface area contributed by atoms with Gasteiger partial charge in [0.1, 0.15) is 6.04 Å². The Bertz CT molecular complexity index is 1340. The van der Waals surface area contributed by atoms with Gasteiger partial charge in [-0.15, -0.1) is 0 Å². The molecule has 3 atom stereocenters. The normalized spacial score (nSPS) is 23.1. The molecule has 2 aliphatic heterocycles. The Hall–Kier alpha value is -3.40. The first kappa shape index (κ1) is 30.1. The summed E-state index contributed by atoms with van der Waals surface area (Å²) in [6, 6.07) is 11.9. The van der Waals surface area contributed by atoms with Crippen molar-refractivity contribution in [2.24, 2.45) is 5.92 Å².